The van der Waals surface area contributed by atoms with E-state index in [1.165, 1.54) is 9.13 Å². The molecule has 0 radical (unpaired) electrons. The molecule has 6 nitrogen and oxygen atoms in total. The summed E-state index contributed by atoms with van der Waals surface area (Å²) in [5.41, 5.74) is 6.86. The molecule has 42 heavy (non-hydrogen) atoms. The van der Waals surface area contributed by atoms with Gasteiger partial charge in [-0.15, -0.1) is 0 Å². The average Bonchev–Trinajstić information content (AvgIpc) is 3.26. The van der Waals surface area contributed by atoms with Crippen LogP contribution in [-0.2, 0) is 12.5 Å². The summed E-state index contributed by atoms with van der Waals surface area (Å²) in [6, 6.07) is 14.4. The van der Waals surface area contributed by atoms with E-state index in [1.54, 1.807) is 20.2 Å². The molecular weight excluding hydrogens is 518 g/mol. The van der Waals surface area contributed by atoms with Crippen molar-refractivity contribution in [2.24, 2.45) is 13.0 Å². The Morgan fingerprint density at radius 1 is 0.952 bits per heavy atom. The van der Waals surface area contributed by atoms with E-state index in [2.05, 4.69) is 17.1 Å². The Labute approximate surface area is 250 Å². The molecule has 6 rings (SSSR count). The molecular formula is C36H35N5O. The Morgan fingerprint density at radius 3 is 2.38 bits per heavy atom. The fourth-order valence-corrected chi connectivity index (χ4v) is 5.71. The van der Waals surface area contributed by atoms with Crippen molar-refractivity contribution < 1.29 is 4.11 Å². The van der Waals surface area contributed by atoms with E-state index >= 15 is 0 Å². The number of pyridine rings is 2. The SMILES string of the molecule is [2H]c1c(C)c(-c2cnc3cc(C)c(C)cc3c2)c([2H])c2c1nc([2H])c1c2n(-c2ccc(C(C)(C#N)C(C)C)cc2C)c(=O)n1C. The number of fused-ring (bicyclic) bond motifs is 4. The summed E-state index contributed by atoms with van der Waals surface area (Å²) in [5.74, 6) is 0.0643. The molecule has 6 heteroatoms. The van der Waals surface area contributed by atoms with Gasteiger partial charge in [0.2, 0.25) is 0 Å². The lowest BCUT2D eigenvalue weighted by Crippen LogP contribution is -2.27. The van der Waals surface area contributed by atoms with E-state index in [-0.39, 0.29) is 40.9 Å². The van der Waals surface area contributed by atoms with Crippen molar-refractivity contribution in [2.45, 2.75) is 53.9 Å². The Hall–Kier alpha value is -4.76. The van der Waals surface area contributed by atoms with Gasteiger partial charge in [0, 0.05) is 29.6 Å². The monoisotopic (exact) mass is 556 g/mol. The fraction of sp³-hybridized carbons (Fsp3) is 0.278. The van der Waals surface area contributed by atoms with E-state index in [1.807, 2.05) is 71.9 Å². The zero-order valence-corrected chi connectivity index (χ0v) is 25.3. The zero-order chi connectivity index (χ0) is 32.7. The van der Waals surface area contributed by atoms with Crippen molar-refractivity contribution in [1.29, 1.82) is 5.26 Å². The number of nitriles is 1. The molecule has 3 aromatic carbocycles. The number of nitrogens with zero attached hydrogens (tertiary/aromatic N) is 5. The lowest BCUT2D eigenvalue weighted by molar-refractivity contribution is 0.431. The number of rotatable bonds is 4. The van der Waals surface area contributed by atoms with Gasteiger partial charge in [-0.25, -0.2) is 4.79 Å². The van der Waals surface area contributed by atoms with E-state index in [0.717, 1.165) is 33.2 Å². The fourth-order valence-electron chi connectivity index (χ4n) is 5.71. The number of aryl methyl sites for hydroxylation is 4. The summed E-state index contributed by atoms with van der Waals surface area (Å²) in [7, 11) is 1.60. The maximum atomic E-state index is 14.0. The minimum absolute atomic E-state index is 0.0643. The molecule has 0 fully saturated rings. The minimum atomic E-state index is -0.718. The molecule has 0 saturated carbocycles. The number of hydrogen-bond donors (Lipinski definition) is 0. The predicted octanol–water partition coefficient (Wildman–Crippen LogP) is 7.76. The van der Waals surface area contributed by atoms with Crippen LogP contribution in [0.1, 0.15) is 52.7 Å². The van der Waals surface area contributed by atoms with Gasteiger partial charge in [-0.1, -0.05) is 26.0 Å². The molecule has 0 aliphatic carbocycles. The first-order chi connectivity index (χ1) is 21.2. The highest BCUT2D eigenvalue weighted by molar-refractivity contribution is 6.05. The van der Waals surface area contributed by atoms with Crippen LogP contribution in [0.15, 0.2) is 65.6 Å². The summed E-state index contributed by atoms with van der Waals surface area (Å²) < 4.78 is 30.4. The van der Waals surface area contributed by atoms with Gasteiger partial charge in [0.15, 0.2) is 0 Å². The molecule has 0 saturated heterocycles. The van der Waals surface area contributed by atoms with Crippen molar-refractivity contribution in [1.82, 2.24) is 19.1 Å². The third-order valence-electron chi connectivity index (χ3n) is 8.95. The van der Waals surface area contributed by atoms with Gasteiger partial charge in [-0.3, -0.25) is 19.1 Å². The van der Waals surface area contributed by atoms with E-state index < -0.39 is 5.41 Å². The molecule has 0 spiro atoms. The molecule has 1 unspecified atom stereocenters. The average molecular weight is 557 g/mol. The second kappa shape index (κ2) is 9.66. The number of hydrogen-bond acceptors (Lipinski definition) is 4. The first-order valence-electron chi connectivity index (χ1n) is 15.6. The van der Waals surface area contributed by atoms with Crippen molar-refractivity contribution in [3.8, 4) is 22.9 Å². The first kappa shape index (κ1) is 23.9. The highest BCUT2D eigenvalue weighted by atomic mass is 16.1. The third kappa shape index (κ3) is 4.03. The van der Waals surface area contributed by atoms with E-state index in [4.69, 9.17) is 7.73 Å². The van der Waals surface area contributed by atoms with Crippen LogP contribution in [0.25, 0.3) is 49.7 Å². The van der Waals surface area contributed by atoms with Gasteiger partial charge in [0.1, 0.15) is 0 Å². The molecule has 1 atom stereocenters. The maximum absolute atomic E-state index is 14.0. The third-order valence-corrected chi connectivity index (χ3v) is 8.95. The largest absolute Gasteiger partial charge is 0.333 e. The molecule has 0 aliphatic heterocycles. The Morgan fingerprint density at radius 2 is 1.69 bits per heavy atom. The molecule has 0 aliphatic rings. The summed E-state index contributed by atoms with van der Waals surface area (Å²) in [6.45, 7) is 13.7. The molecule has 0 N–H and O–H groups in total. The van der Waals surface area contributed by atoms with Crippen LogP contribution in [0.5, 0.6) is 0 Å². The van der Waals surface area contributed by atoms with Crippen molar-refractivity contribution in [3.63, 3.8) is 0 Å². The topological polar surface area (TPSA) is 76.5 Å². The highest BCUT2D eigenvalue weighted by Crippen LogP contribution is 2.36. The molecule has 0 bridgehead atoms. The highest BCUT2D eigenvalue weighted by Gasteiger charge is 2.31. The van der Waals surface area contributed by atoms with Crippen LogP contribution in [0.2, 0.25) is 0 Å². The van der Waals surface area contributed by atoms with Gasteiger partial charge in [0.05, 0.1) is 49.5 Å². The second-order valence-corrected chi connectivity index (χ2v) is 11.9. The van der Waals surface area contributed by atoms with Crippen molar-refractivity contribution >= 4 is 32.8 Å². The van der Waals surface area contributed by atoms with Crippen LogP contribution in [0, 0.1) is 44.9 Å². The molecule has 3 aromatic heterocycles. The summed E-state index contributed by atoms with van der Waals surface area (Å²) in [6.07, 6.45) is 1.59. The zero-order valence-electron chi connectivity index (χ0n) is 28.3. The Kier molecular flexibility index (Phi) is 5.50. The normalized spacial score (nSPS) is 14.2. The van der Waals surface area contributed by atoms with Crippen LogP contribution < -0.4 is 5.69 Å². The van der Waals surface area contributed by atoms with Crippen molar-refractivity contribution in [2.75, 3.05) is 0 Å². The van der Waals surface area contributed by atoms with Gasteiger partial charge in [-0.2, -0.15) is 5.26 Å². The molecule has 210 valence electrons. The van der Waals surface area contributed by atoms with Gasteiger partial charge in [0.25, 0.3) is 0 Å². The van der Waals surface area contributed by atoms with Crippen LogP contribution in [0.4, 0.5) is 0 Å². The van der Waals surface area contributed by atoms with Crippen LogP contribution in [0.3, 0.4) is 0 Å². The number of imidazole rings is 1. The summed E-state index contributed by atoms with van der Waals surface area (Å²) in [4.78, 5) is 23.1. The van der Waals surface area contributed by atoms with Crippen LogP contribution >= 0.6 is 0 Å². The quantitative estimate of drug-likeness (QED) is 0.222. The van der Waals surface area contributed by atoms with Gasteiger partial charge < -0.3 is 0 Å². The van der Waals surface area contributed by atoms with Gasteiger partial charge in [-0.05, 0) is 110 Å². The number of benzene rings is 3. The van der Waals surface area contributed by atoms with Crippen molar-refractivity contribution in [3.05, 3.63) is 99.2 Å². The predicted molar refractivity (Wildman–Crippen MR) is 171 cm³/mol. The Bertz CT molecular complexity index is 2350. The van der Waals surface area contributed by atoms with E-state index in [9.17, 15) is 11.4 Å². The van der Waals surface area contributed by atoms with E-state index in [0.29, 0.717) is 33.3 Å². The molecule has 3 heterocycles. The standard InChI is InChI=1S/C36H35N5O/c1-20(2)36(7,19-37)27-9-10-32(24(6)12-27)41-34-29-16-28(23(5)14-31(29)39-18-33(34)40(8)35(41)42)26-15-25-11-21(3)22(4)13-30(25)38-17-26/h9-18,20H,1-8H3/i14D,16D,18D. The summed E-state index contributed by atoms with van der Waals surface area (Å²) in [5, 5.41) is 11.3. The Balaban J connectivity index is 1.72. The maximum Gasteiger partial charge on any atom is 0.333 e. The summed E-state index contributed by atoms with van der Waals surface area (Å²) >= 11 is 0. The van der Waals surface area contributed by atoms with Gasteiger partial charge >= 0.3 is 5.69 Å². The minimum Gasteiger partial charge on any atom is -0.293 e. The lowest BCUT2D eigenvalue weighted by Gasteiger charge is -2.27. The number of aromatic nitrogens is 4. The van der Waals surface area contributed by atoms with Crippen LogP contribution in [-0.4, -0.2) is 19.1 Å². The molecule has 0 amide bonds. The smallest absolute Gasteiger partial charge is 0.293 e. The molecule has 6 aromatic rings. The lowest BCUT2D eigenvalue weighted by atomic mass is 9.74. The first-order valence-corrected chi connectivity index (χ1v) is 14.1. The second-order valence-electron chi connectivity index (χ2n) is 11.9.